The third-order valence-electron chi connectivity index (χ3n) is 6.02. The van der Waals surface area contributed by atoms with Crippen LogP contribution in [0.3, 0.4) is 0 Å². The lowest BCUT2D eigenvalue weighted by molar-refractivity contribution is -0.130. The zero-order valence-corrected chi connectivity index (χ0v) is 19.2. The molecule has 8 heteroatoms. The summed E-state index contributed by atoms with van der Waals surface area (Å²) in [7, 11) is 0. The second-order valence-electron chi connectivity index (χ2n) is 8.57. The van der Waals surface area contributed by atoms with Crippen LogP contribution in [-0.4, -0.2) is 54.3 Å². The average molecular weight is 448 g/mol. The van der Waals surface area contributed by atoms with Gasteiger partial charge >= 0.3 is 6.03 Å². The Morgan fingerprint density at radius 3 is 2.52 bits per heavy atom. The monoisotopic (exact) mass is 447 g/mol. The van der Waals surface area contributed by atoms with Crippen LogP contribution < -0.4 is 15.5 Å². The normalized spacial score (nSPS) is 17.8. The predicted molar refractivity (Wildman–Crippen MR) is 129 cm³/mol. The van der Waals surface area contributed by atoms with Gasteiger partial charge in [0, 0.05) is 30.1 Å². The van der Waals surface area contributed by atoms with E-state index < -0.39 is 18.1 Å². The molecular formula is C25H29N5O3. The van der Waals surface area contributed by atoms with Gasteiger partial charge in [-0.2, -0.15) is 0 Å². The van der Waals surface area contributed by atoms with Crippen LogP contribution in [-0.2, 0) is 9.59 Å². The van der Waals surface area contributed by atoms with Gasteiger partial charge in [0.15, 0.2) is 0 Å². The number of para-hydroxylation sites is 1. The number of aliphatic imine (C=N–C) groups is 1. The van der Waals surface area contributed by atoms with E-state index in [0.717, 1.165) is 29.5 Å². The molecule has 0 spiro atoms. The Morgan fingerprint density at radius 2 is 1.79 bits per heavy atom. The quantitative estimate of drug-likeness (QED) is 0.754. The summed E-state index contributed by atoms with van der Waals surface area (Å²) in [6.45, 7) is 6.97. The molecule has 172 valence electrons. The number of likely N-dealkylation sites (tertiary alicyclic amines) is 1. The average Bonchev–Trinajstić information content (AvgIpc) is 3.29. The van der Waals surface area contributed by atoms with Crippen molar-refractivity contribution in [3.05, 3.63) is 59.2 Å². The van der Waals surface area contributed by atoms with E-state index in [1.165, 1.54) is 4.90 Å². The first-order chi connectivity index (χ1) is 15.8. The summed E-state index contributed by atoms with van der Waals surface area (Å²) >= 11 is 0. The Morgan fingerprint density at radius 1 is 1.06 bits per heavy atom. The highest BCUT2D eigenvalue weighted by atomic mass is 16.2. The van der Waals surface area contributed by atoms with Crippen molar-refractivity contribution >= 4 is 34.9 Å². The lowest BCUT2D eigenvalue weighted by atomic mass is 10.0. The summed E-state index contributed by atoms with van der Waals surface area (Å²) in [4.78, 5) is 47.1. The zero-order valence-electron chi connectivity index (χ0n) is 19.2. The van der Waals surface area contributed by atoms with Gasteiger partial charge in [0.1, 0.15) is 6.54 Å². The highest BCUT2D eigenvalue weighted by Gasteiger charge is 2.35. The number of carbonyl (C=O) groups is 3. The molecule has 2 aliphatic rings. The van der Waals surface area contributed by atoms with Crippen molar-refractivity contribution in [2.45, 2.75) is 39.8 Å². The van der Waals surface area contributed by atoms with Gasteiger partial charge in [0.05, 0.1) is 5.69 Å². The number of fused-ring (bicyclic) bond motifs is 1. The van der Waals surface area contributed by atoms with E-state index in [-0.39, 0.29) is 12.5 Å². The van der Waals surface area contributed by atoms with Crippen molar-refractivity contribution in [2.75, 3.05) is 29.9 Å². The summed E-state index contributed by atoms with van der Waals surface area (Å²) in [6, 6.07) is 12.5. The van der Waals surface area contributed by atoms with E-state index in [1.54, 1.807) is 11.0 Å². The van der Waals surface area contributed by atoms with Crippen LogP contribution in [0.4, 0.5) is 16.2 Å². The number of benzodiazepines with no additional fused rings is 1. The van der Waals surface area contributed by atoms with Crippen LogP contribution in [0.25, 0.3) is 0 Å². The van der Waals surface area contributed by atoms with E-state index in [2.05, 4.69) is 15.6 Å². The minimum atomic E-state index is -1.15. The molecule has 2 aromatic rings. The topological polar surface area (TPSA) is 94.1 Å². The van der Waals surface area contributed by atoms with Gasteiger partial charge in [-0.15, -0.1) is 0 Å². The highest BCUT2D eigenvalue weighted by Crippen LogP contribution is 2.29. The Hall–Kier alpha value is -3.68. The third kappa shape index (κ3) is 4.89. The molecule has 1 atom stereocenters. The maximum atomic E-state index is 13.6. The summed E-state index contributed by atoms with van der Waals surface area (Å²) in [5.41, 5.74) is 4.56. The Kier molecular flexibility index (Phi) is 6.44. The number of amides is 4. The number of carbonyl (C=O) groups excluding carboxylic acids is 3. The van der Waals surface area contributed by atoms with Gasteiger partial charge in [-0.3, -0.25) is 19.5 Å². The summed E-state index contributed by atoms with van der Waals surface area (Å²) in [6.07, 6.45) is 0.801. The van der Waals surface area contributed by atoms with Crippen molar-refractivity contribution in [3.8, 4) is 0 Å². The Bertz CT molecular complexity index is 1120. The van der Waals surface area contributed by atoms with E-state index in [4.69, 9.17) is 0 Å². The minimum Gasteiger partial charge on any atom is -0.341 e. The molecule has 4 amide bonds. The van der Waals surface area contributed by atoms with Crippen molar-refractivity contribution in [1.29, 1.82) is 0 Å². The fraction of sp³-hybridized carbons (Fsp3) is 0.360. The van der Waals surface area contributed by atoms with Gasteiger partial charge in [-0.05, 0) is 56.9 Å². The number of rotatable bonds is 4. The smallest absolute Gasteiger partial charge is 0.321 e. The van der Waals surface area contributed by atoms with Crippen LogP contribution in [0.5, 0.6) is 0 Å². The standard InChI is InChI=1S/C25H29N5O3/c1-16-8-6-10-19(14-16)27-25(33)28-23-24(32)30(15-21(31)29-12-4-5-13-29)22-17(2)9-7-11-20(22)18(3)26-23/h6-11,14,23H,4-5,12-13,15H2,1-3H3,(H2,27,28,33). The lowest BCUT2D eigenvalue weighted by Crippen LogP contribution is -2.51. The van der Waals surface area contributed by atoms with Crippen molar-refractivity contribution in [1.82, 2.24) is 10.2 Å². The number of benzene rings is 2. The molecule has 2 aliphatic heterocycles. The Balaban J connectivity index is 1.61. The maximum Gasteiger partial charge on any atom is 0.321 e. The maximum absolute atomic E-state index is 13.6. The molecule has 1 fully saturated rings. The SMILES string of the molecule is CC1=NC(NC(=O)Nc2cccc(C)c2)C(=O)N(CC(=O)N2CCCC2)c2c(C)cccc21. The zero-order chi connectivity index (χ0) is 23.5. The summed E-state index contributed by atoms with van der Waals surface area (Å²) in [5.74, 6) is -0.535. The van der Waals surface area contributed by atoms with Crippen molar-refractivity contribution < 1.29 is 14.4 Å². The molecule has 0 radical (unpaired) electrons. The highest BCUT2D eigenvalue weighted by molar-refractivity contribution is 6.14. The van der Waals surface area contributed by atoms with Crippen LogP contribution in [0, 0.1) is 13.8 Å². The van der Waals surface area contributed by atoms with Gasteiger partial charge < -0.3 is 15.5 Å². The molecule has 0 bridgehead atoms. The largest absolute Gasteiger partial charge is 0.341 e. The molecule has 0 aliphatic carbocycles. The molecule has 2 aromatic carbocycles. The summed E-state index contributed by atoms with van der Waals surface area (Å²) < 4.78 is 0. The Labute approximate surface area is 193 Å². The van der Waals surface area contributed by atoms with Crippen molar-refractivity contribution in [3.63, 3.8) is 0 Å². The first-order valence-electron chi connectivity index (χ1n) is 11.2. The van der Waals surface area contributed by atoms with Gasteiger partial charge in [0.25, 0.3) is 5.91 Å². The van der Waals surface area contributed by atoms with Crippen molar-refractivity contribution in [2.24, 2.45) is 4.99 Å². The predicted octanol–water partition coefficient (Wildman–Crippen LogP) is 3.23. The van der Waals surface area contributed by atoms with Gasteiger partial charge in [-0.25, -0.2) is 4.79 Å². The number of aryl methyl sites for hydroxylation is 2. The fourth-order valence-electron chi connectivity index (χ4n) is 4.35. The minimum absolute atomic E-state index is 0.0861. The van der Waals surface area contributed by atoms with E-state index in [1.807, 2.05) is 57.2 Å². The van der Waals surface area contributed by atoms with Crippen LogP contribution in [0.2, 0.25) is 0 Å². The molecule has 1 unspecified atom stereocenters. The van der Waals surface area contributed by atoms with Crippen LogP contribution in [0.1, 0.15) is 36.5 Å². The third-order valence-corrected chi connectivity index (χ3v) is 6.02. The van der Waals surface area contributed by atoms with Crippen LogP contribution in [0.15, 0.2) is 47.5 Å². The fourth-order valence-corrected chi connectivity index (χ4v) is 4.35. The second kappa shape index (κ2) is 9.44. The van der Waals surface area contributed by atoms with Crippen LogP contribution >= 0.6 is 0 Å². The molecule has 2 heterocycles. The van der Waals surface area contributed by atoms with E-state index in [0.29, 0.717) is 30.2 Å². The number of nitrogens with one attached hydrogen (secondary N) is 2. The molecule has 1 saturated heterocycles. The number of nitrogens with zero attached hydrogens (tertiary/aromatic N) is 3. The molecule has 8 nitrogen and oxygen atoms in total. The lowest BCUT2D eigenvalue weighted by Gasteiger charge is -2.28. The molecule has 33 heavy (non-hydrogen) atoms. The number of urea groups is 1. The number of hydrogen-bond acceptors (Lipinski definition) is 4. The van der Waals surface area contributed by atoms with Gasteiger partial charge in [0.2, 0.25) is 12.1 Å². The molecule has 0 aromatic heterocycles. The molecule has 0 saturated carbocycles. The van der Waals surface area contributed by atoms with E-state index >= 15 is 0 Å². The van der Waals surface area contributed by atoms with Gasteiger partial charge in [-0.1, -0.05) is 30.3 Å². The second-order valence-corrected chi connectivity index (χ2v) is 8.57. The molecular weight excluding hydrogens is 418 g/mol. The van der Waals surface area contributed by atoms with E-state index in [9.17, 15) is 14.4 Å². The molecule has 2 N–H and O–H groups in total. The first-order valence-corrected chi connectivity index (χ1v) is 11.2. The number of hydrogen-bond donors (Lipinski definition) is 2. The first kappa shape index (κ1) is 22.5. The summed E-state index contributed by atoms with van der Waals surface area (Å²) in [5, 5.41) is 5.43. The molecule has 4 rings (SSSR count). The number of anilines is 2.